The van der Waals surface area contributed by atoms with Crippen LogP contribution >= 0.6 is 15.9 Å². The smallest absolute Gasteiger partial charge is 0.337 e. The van der Waals surface area contributed by atoms with Crippen LogP contribution in [0.15, 0.2) is 22.7 Å². The number of halogens is 1. The Morgan fingerprint density at radius 1 is 1.38 bits per heavy atom. The number of hydrogen-bond donors (Lipinski definition) is 3. The Hall–Kier alpha value is -1.56. The van der Waals surface area contributed by atoms with E-state index in [0.29, 0.717) is 4.47 Å². The zero-order valence-electron chi connectivity index (χ0n) is 8.40. The summed E-state index contributed by atoms with van der Waals surface area (Å²) >= 11 is 3.15. The zero-order valence-corrected chi connectivity index (χ0v) is 9.98. The van der Waals surface area contributed by atoms with Crippen molar-refractivity contribution in [2.45, 2.75) is 13.0 Å². The van der Waals surface area contributed by atoms with Gasteiger partial charge in [0.25, 0.3) is 0 Å². The first-order chi connectivity index (χ1) is 7.41. The summed E-state index contributed by atoms with van der Waals surface area (Å²) in [5, 5.41) is 20.3. The van der Waals surface area contributed by atoms with Gasteiger partial charge in [-0.3, -0.25) is 4.79 Å². The second-order valence-corrected chi connectivity index (χ2v) is 4.11. The highest BCUT2D eigenvalue weighted by Crippen LogP contribution is 2.21. The summed E-state index contributed by atoms with van der Waals surface area (Å²) in [6, 6.07) is 3.73. The normalized spacial score (nSPS) is 11.9. The summed E-state index contributed by atoms with van der Waals surface area (Å²) in [7, 11) is 0. The summed E-state index contributed by atoms with van der Waals surface area (Å²) in [5.74, 6) is -2.15. The SMILES string of the molecule is C[C@@H](Nc1ccc(Br)cc1C(=O)O)C(=O)O. The van der Waals surface area contributed by atoms with Crippen LogP contribution in [-0.4, -0.2) is 28.2 Å². The van der Waals surface area contributed by atoms with Crippen molar-refractivity contribution in [3.8, 4) is 0 Å². The van der Waals surface area contributed by atoms with Crippen LogP contribution in [0, 0.1) is 0 Å². The number of carbonyl (C=O) groups is 2. The number of carboxylic acid groups (broad SMARTS) is 2. The monoisotopic (exact) mass is 287 g/mol. The van der Waals surface area contributed by atoms with Crippen LogP contribution in [0.5, 0.6) is 0 Å². The van der Waals surface area contributed by atoms with Crippen molar-refractivity contribution in [2.75, 3.05) is 5.32 Å². The summed E-state index contributed by atoms with van der Waals surface area (Å²) in [5.41, 5.74) is 0.313. The Morgan fingerprint density at radius 2 is 2.00 bits per heavy atom. The first-order valence-electron chi connectivity index (χ1n) is 4.44. The lowest BCUT2D eigenvalue weighted by Crippen LogP contribution is -2.26. The highest BCUT2D eigenvalue weighted by atomic mass is 79.9. The van der Waals surface area contributed by atoms with Gasteiger partial charge in [-0.25, -0.2) is 4.79 Å². The molecule has 5 nitrogen and oxygen atoms in total. The quantitative estimate of drug-likeness (QED) is 0.789. The average Bonchev–Trinajstić information content (AvgIpc) is 2.20. The van der Waals surface area contributed by atoms with Gasteiger partial charge in [0.1, 0.15) is 6.04 Å². The molecule has 0 aromatic heterocycles. The summed E-state index contributed by atoms with van der Waals surface area (Å²) in [4.78, 5) is 21.5. The number of carboxylic acids is 2. The predicted octanol–water partition coefficient (Wildman–Crippen LogP) is 2.03. The van der Waals surface area contributed by atoms with Gasteiger partial charge in [0, 0.05) is 10.2 Å². The molecule has 0 heterocycles. The van der Waals surface area contributed by atoms with Gasteiger partial charge in [-0.2, -0.15) is 0 Å². The average molecular weight is 288 g/mol. The third-order valence-corrected chi connectivity index (χ3v) is 2.45. The van der Waals surface area contributed by atoms with Crippen LogP contribution in [0.4, 0.5) is 5.69 Å². The standard InChI is InChI=1S/C10H10BrNO4/c1-5(9(13)14)12-8-3-2-6(11)4-7(8)10(15)16/h2-5,12H,1H3,(H,13,14)(H,15,16)/t5-/m1/s1. The molecule has 0 saturated heterocycles. The lowest BCUT2D eigenvalue weighted by Gasteiger charge is -2.13. The molecule has 16 heavy (non-hydrogen) atoms. The third-order valence-electron chi connectivity index (χ3n) is 1.95. The molecule has 0 aliphatic heterocycles. The van der Waals surface area contributed by atoms with Gasteiger partial charge in [0.2, 0.25) is 0 Å². The van der Waals surface area contributed by atoms with Crippen molar-refractivity contribution in [1.82, 2.24) is 0 Å². The molecule has 1 aromatic carbocycles. The highest BCUT2D eigenvalue weighted by molar-refractivity contribution is 9.10. The number of aromatic carboxylic acids is 1. The predicted molar refractivity (Wildman–Crippen MR) is 61.8 cm³/mol. The van der Waals surface area contributed by atoms with Crippen LogP contribution in [0.3, 0.4) is 0 Å². The fourth-order valence-electron chi connectivity index (χ4n) is 1.11. The van der Waals surface area contributed by atoms with Gasteiger partial charge in [-0.15, -0.1) is 0 Å². The molecule has 0 unspecified atom stereocenters. The molecule has 6 heteroatoms. The molecular formula is C10H10BrNO4. The van der Waals surface area contributed by atoms with Crippen LogP contribution in [-0.2, 0) is 4.79 Å². The third kappa shape index (κ3) is 2.96. The lowest BCUT2D eigenvalue weighted by molar-refractivity contribution is -0.137. The Kier molecular flexibility index (Phi) is 3.89. The molecule has 1 aromatic rings. The van der Waals surface area contributed by atoms with Crippen molar-refractivity contribution >= 4 is 33.6 Å². The molecular weight excluding hydrogens is 278 g/mol. The second-order valence-electron chi connectivity index (χ2n) is 3.20. The lowest BCUT2D eigenvalue weighted by atomic mass is 10.1. The van der Waals surface area contributed by atoms with Gasteiger partial charge in [-0.05, 0) is 25.1 Å². The maximum absolute atomic E-state index is 10.9. The molecule has 1 rings (SSSR count). The first-order valence-corrected chi connectivity index (χ1v) is 5.23. The molecule has 0 radical (unpaired) electrons. The second kappa shape index (κ2) is 4.98. The van der Waals surface area contributed by atoms with Crippen LogP contribution in [0.1, 0.15) is 17.3 Å². The maximum Gasteiger partial charge on any atom is 0.337 e. The Morgan fingerprint density at radius 3 is 2.50 bits per heavy atom. The summed E-state index contributed by atoms with van der Waals surface area (Å²) in [6.45, 7) is 1.44. The van der Waals surface area contributed by atoms with E-state index in [1.54, 1.807) is 6.07 Å². The number of benzene rings is 1. The number of rotatable bonds is 4. The van der Waals surface area contributed by atoms with Gasteiger partial charge >= 0.3 is 11.9 Å². The summed E-state index contributed by atoms with van der Waals surface area (Å²) < 4.78 is 0.624. The minimum atomic E-state index is -1.11. The molecule has 0 amide bonds. The summed E-state index contributed by atoms with van der Waals surface area (Å²) in [6.07, 6.45) is 0. The van der Waals surface area contributed by atoms with Crippen LogP contribution in [0.25, 0.3) is 0 Å². The van der Waals surface area contributed by atoms with E-state index in [2.05, 4.69) is 21.2 Å². The molecule has 1 atom stereocenters. The van der Waals surface area contributed by atoms with Crippen LogP contribution in [0.2, 0.25) is 0 Å². The van der Waals surface area contributed by atoms with Crippen molar-refractivity contribution in [3.63, 3.8) is 0 Å². The molecule has 3 N–H and O–H groups in total. The largest absolute Gasteiger partial charge is 0.480 e. The van der Waals surface area contributed by atoms with E-state index in [9.17, 15) is 9.59 Å². The van der Waals surface area contributed by atoms with Gasteiger partial charge < -0.3 is 15.5 Å². The van der Waals surface area contributed by atoms with E-state index in [-0.39, 0.29) is 11.3 Å². The Labute approximate surface area is 100 Å². The van der Waals surface area contributed by atoms with Gasteiger partial charge in [0.05, 0.1) is 5.56 Å². The first kappa shape index (κ1) is 12.5. The minimum Gasteiger partial charge on any atom is -0.480 e. The molecule has 86 valence electrons. The molecule has 0 spiro atoms. The minimum absolute atomic E-state index is 0.0301. The van der Waals surface area contributed by atoms with Crippen molar-refractivity contribution in [1.29, 1.82) is 0 Å². The number of aliphatic carboxylic acids is 1. The topological polar surface area (TPSA) is 86.6 Å². The van der Waals surface area contributed by atoms with Crippen molar-refractivity contribution in [3.05, 3.63) is 28.2 Å². The maximum atomic E-state index is 10.9. The molecule has 0 fully saturated rings. The fraction of sp³-hybridized carbons (Fsp3) is 0.200. The number of anilines is 1. The van der Waals surface area contributed by atoms with Crippen LogP contribution < -0.4 is 5.32 Å². The Balaban J connectivity index is 3.04. The number of hydrogen-bond acceptors (Lipinski definition) is 3. The van der Waals surface area contributed by atoms with E-state index < -0.39 is 18.0 Å². The molecule has 0 aliphatic rings. The molecule has 0 bridgehead atoms. The van der Waals surface area contributed by atoms with Gasteiger partial charge in [0.15, 0.2) is 0 Å². The van der Waals surface area contributed by atoms with E-state index >= 15 is 0 Å². The van der Waals surface area contributed by atoms with Crippen molar-refractivity contribution < 1.29 is 19.8 Å². The van der Waals surface area contributed by atoms with E-state index in [4.69, 9.17) is 10.2 Å². The number of nitrogens with one attached hydrogen (secondary N) is 1. The Bertz CT molecular complexity index is 433. The molecule has 0 saturated carbocycles. The van der Waals surface area contributed by atoms with Gasteiger partial charge in [-0.1, -0.05) is 15.9 Å². The van der Waals surface area contributed by atoms with E-state index in [1.807, 2.05) is 0 Å². The van der Waals surface area contributed by atoms with E-state index in [1.165, 1.54) is 19.1 Å². The zero-order chi connectivity index (χ0) is 12.3. The van der Waals surface area contributed by atoms with Crippen molar-refractivity contribution in [2.24, 2.45) is 0 Å². The highest BCUT2D eigenvalue weighted by Gasteiger charge is 2.15. The molecule has 0 aliphatic carbocycles. The fourth-order valence-corrected chi connectivity index (χ4v) is 1.48. The van der Waals surface area contributed by atoms with E-state index in [0.717, 1.165) is 0 Å².